The fourth-order valence-electron chi connectivity index (χ4n) is 2.24. The number of amides is 1. The molecule has 4 nitrogen and oxygen atoms in total. The Kier molecular flexibility index (Phi) is 5.34. The number of aryl methyl sites for hydroxylation is 1. The number of halogens is 1. The van der Waals surface area contributed by atoms with E-state index in [9.17, 15) is 9.18 Å². The molecule has 0 aliphatic heterocycles. The molecule has 0 fully saturated rings. The van der Waals surface area contributed by atoms with Gasteiger partial charge in [-0.15, -0.1) is 0 Å². The lowest BCUT2D eigenvalue weighted by atomic mass is 9.79. The van der Waals surface area contributed by atoms with Gasteiger partial charge in [0.15, 0.2) is 0 Å². The molecule has 0 bridgehead atoms. The maximum Gasteiger partial charge on any atom is 0.407 e. The number of nitrogens with one attached hydrogen (secondary N) is 1. The van der Waals surface area contributed by atoms with E-state index >= 15 is 0 Å². The van der Waals surface area contributed by atoms with Gasteiger partial charge in [0.25, 0.3) is 0 Å². The minimum Gasteiger partial charge on any atom is -0.444 e. The number of benzene rings is 1. The van der Waals surface area contributed by atoms with Gasteiger partial charge in [-0.2, -0.15) is 0 Å². The van der Waals surface area contributed by atoms with E-state index < -0.39 is 17.1 Å². The lowest BCUT2D eigenvalue weighted by Gasteiger charge is -2.31. The molecule has 0 saturated heterocycles. The maximum atomic E-state index is 14.1. The van der Waals surface area contributed by atoms with Crippen molar-refractivity contribution in [2.24, 2.45) is 5.73 Å². The molecular formula is C16H25FN2O2. The van der Waals surface area contributed by atoms with E-state index in [1.54, 1.807) is 26.8 Å². The van der Waals surface area contributed by atoms with Gasteiger partial charge >= 0.3 is 6.09 Å². The highest BCUT2D eigenvalue weighted by Gasteiger charge is 2.31. The second-order valence-electron chi connectivity index (χ2n) is 6.55. The van der Waals surface area contributed by atoms with E-state index in [1.807, 2.05) is 19.9 Å². The molecule has 0 spiro atoms. The minimum absolute atomic E-state index is 0.209. The molecule has 1 unspecified atom stereocenters. The molecule has 0 aliphatic rings. The van der Waals surface area contributed by atoms with Crippen LogP contribution < -0.4 is 11.1 Å². The summed E-state index contributed by atoms with van der Waals surface area (Å²) in [4.78, 5) is 11.8. The lowest BCUT2D eigenvalue weighted by Crippen LogP contribution is -2.46. The van der Waals surface area contributed by atoms with Crippen LogP contribution in [0, 0.1) is 12.7 Å². The zero-order valence-electron chi connectivity index (χ0n) is 13.4. The smallest absolute Gasteiger partial charge is 0.407 e. The van der Waals surface area contributed by atoms with Gasteiger partial charge in [-0.05, 0) is 44.9 Å². The predicted molar refractivity (Wildman–Crippen MR) is 81.8 cm³/mol. The van der Waals surface area contributed by atoms with E-state index in [0.29, 0.717) is 5.56 Å². The fraction of sp³-hybridized carbons (Fsp3) is 0.562. The first-order chi connectivity index (χ1) is 9.59. The molecule has 21 heavy (non-hydrogen) atoms. The van der Waals surface area contributed by atoms with E-state index in [-0.39, 0.29) is 18.9 Å². The monoisotopic (exact) mass is 296 g/mol. The van der Waals surface area contributed by atoms with Gasteiger partial charge in [0, 0.05) is 18.5 Å². The van der Waals surface area contributed by atoms with Crippen LogP contribution in [0.15, 0.2) is 18.2 Å². The van der Waals surface area contributed by atoms with Crippen LogP contribution in [0.4, 0.5) is 9.18 Å². The highest BCUT2D eigenvalue weighted by Crippen LogP contribution is 2.28. The summed E-state index contributed by atoms with van der Waals surface area (Å²) in [5.74, 6) is -0.311. The fourth-order valence-corrected chi connectivity index (χ4v) is 2.24. The third-order valence-corrected chi connectivity index (χ3v) is 3.30. The van der Waals surface area contributed by atoms with Crippen molar-refractivity contribution in [1.82, 2.24) is 5.32 Å². The number of rotatable bonds is 4. The molecule has 0 saturated carbocycles. The van der Waals surface area contributed by atoms with Crippen molar-refractivity contribution in [1.29, 1.82) is 0 Å². The largest absolute Gasteiger partial charge is 0.444 e. The molecule has 0 heterocycles. The van der Waals surface area contributed by atoms with Crippen LogP contribution in [-0.2, 0) is 10.2 Å². The average molecular weight is 296 g/mol. The molecule has 3 N–H and O–H groups in total. The number of ether oxygens (including phenoxy) is 1. The van der Waals surface area contributed by atoms with Crippen molar-refractivity contribution in [2.45, 2.75) is 45.6 Å². The Morgan fingerprint density at radius 1 is 1.33 bits per heavy atom. The molecular weight excluding hydrogens is 271 g/mol. The number of carbonyl (C=O) groups is 1. The lowest BCUT2D eigenvalue weighted by molar-refractivity contribution is 0.0516. The zero-order chi connectivity index (χ0) is 16.3. The highest BCUT2D eigenvalue weighted by molar-refractivity contribution is 5.67. The number of carbonyl (C=O) groups excluding carboxylic acids is 1. The van der Waals surface area contributed by atoms with Gasteiger partial charge < -0.3 is 15.8 Å². The molecule has 0 radical (unpaired) electrons. The van der Waals surface area contributed by atoms with Crippen molar-refractivity contribution >= 4 is 6.09 Å². The van der Waals surface area contributed by atoms with Crippen molar-refractivity contribution in [3.05, 3.63) is 35.1 Å². The Morgan fingerprint density at radius 2 is 1.95 bits per heavy atom. The van der Waals surface area contributed by atoms with Gasteiger partial charge in [0.05, 0.1) is 0 Å². The first kappa shape index (κ1) is 17.4. The molecule has 1 atom stereocenters. The minimum atomic E-state index is -0.688. The van der Waals surface area contributed by atoms with E-state index in [0.717, 1.165) is 5.56 Å². The third-order valence-electron chi connectivity index (χ3n) is 3.30. The maximum absolute atomic E-state index is 14.1. The van der Waals surface area contributed by atoms with Crippen molar-refractivity contribution < 1.29 is 13.9 Å². The summed E-state index contributed by atoms with van der Waals surface area (Å²) >= 11 is 0. The quantitative estimate of drug-likeness (QED) is 0.898. The van der Waals surface area contributed by atoms with Crippen molar-refractivity contribution in [3.63, 3.8) is 0 Å². The summed E-state index contributed by atoms with van der Waals surface area (Å²) < 4.78 is 19.3. The first-order valence-corrected chi connectivity index (χ1v) is 7.01. The molecule has 1 amide bonds. The van der Waals surface area contributed by atoms with Crippen LogP contribution in [0.5, 0.6) is 0 Å². The number of nitrogens with two attached hydrogens (primary N) is 1. The SMILES string of the molecule is Cc1cccc(F)c1C(C)(CN)CNC(=O)OC(C)(C)C. The summed E-state index contributed by atoms with van der Waals surface area (Å²) in [7, 11) is 0. The molecule has 118 valence electrons. The van der Waals surface area contributed by atoms with E-state index in [4.69, 9.17) is 10.5 Å². The zero-order valence-corrected chi connectivity index (χ0v) is 13.4. The predicted octanol–water partition coefficient (Wildman–Crippen LogP) is 2.88. The van der Waals surface area contributed by atoms with Gasteiger partial charge in [-0.25, -0.2) is 9.18 Å². The van der Waals surface area contributed by atoms with Crippen molar-refractivity contribution in [2.75, 3.05) is 13.1 Å². The Balaban J connectivity index is 2.89. The second-order valence-corrected chi connectivity index (χ2v) is 6.55. The topological polar surface area (TPSA) is 64.3 Å². The highest BCUT2D eigenvalue weighted by atomic mass is 19.1. The first-order valence-electron chi connectivity index (χ1n) is 7.01. The van der Waals surface area contributed by atoms with Gasteiger partial charge in [-0.1, -0.05) is 19.1 Å². The summed E-state index contributed by atoms with van der Waals surface area (Å²) in [5.41, 5.74) is 5.92. The van der Waals surface area contributed by atoms with Crippen LogP contribution in [0.1, 0.15) is 38.8 Å². The molecule has 1 aromatic carbocycles. The van der Waals surface area contributed by atoms with Gasteiger partial charge in [0.2, 0.25) is 0 Å². The Morgan fingerprint density at radius 3 is 2.43 bits per heavy atom. The number of alkyl carbamates (subject to hydrolysis) is 1. The number of hydrogen-bond acceptors (Lipinski definition) is 3. The van der Waals surface area contributed by atoms with Crippen LogP contribution in [-0.4, -0.2) is 24.8 Å². The standard InChI is InChI=1S/C16H25FN2O2/c1-11-7-6-8-12(17)13(11)16(5,9-18)10-19-14(20)21-15(2,3)4/h6-8H,9-10,18H2,1-5H3,(H,19,20). The van der Waals surface area contributed by atoms with Crippen LogP contribution in [0.3, 0.4) is 0 Å². The van der Waals surface area contributed by atoms with E-state index in [2.05, 4.69) is 5.32 Å². The number of hydrogen-bond donors (Lipinski definition) is 2. The Labute approximate surface area is 125 Å². The normalized spacial score (nSPS) is 14.4. The van der Waals surface area contributed by atoms with Crippen LogP contribution in [0.2, 0.25) is 0 Å². The van der Waals surface area contributed by atoms with Crippen molar-refractivity contribution in [3.8, 4) is 0 Å². The summed E-state index contributed by atoms with van der Waals surface area (Å²) in [5, 5.41) is 2.68. The Hall–Kier alpha value is -1.62. The second kappa shape index (κ2) is 6.43. The summed E-state index contributed by atoms with van der Waals surface area (Å²) in [6, 6.07) is 4.90. The van der Waals surface area contributed by atoms with Gasteiger partial charge in [-0.3, -0.25) is 0 Å². The third kappa shape index (κ3) is 4.70. The van der Waals surface area contributed by atoms with Crippen LogP contribution >= 0.6 is 0 Å². The van der Waals surface area contributed by atoms with E-state index in [1.165, 1.54) is 6.07 Å². The molecule has 1 aromatic rings. The average Bonchev–Trinajstić information content (AvgIpc) is 2.34. The molecule has 5 heteroatoms. The molecule has 0 aromatic heterocycles. The van der Waals surface area contributed by atoms with Gasteiger partial charge in [0.1, 0.15) is 11.4 Å². The Bertz CT molecular complexity index is 491. The summed E-state index contributed by atoms with van der Waals surface area (Å²) in [6.45, 7) is 9.45. The summed E-state index contributed by atoms with van der Waals surface area (Å²) in [6.07, 6.45) is -0.531. The molecule has 0 aliphatic carbocycles. The molecule has 1 rings (SSSR count). The van der Waals surface area contributed by atoms with Crippen LogP contribution in [0.25, 0.3) is 0 Å².